The van der Waals surface area contributed by atoms with Crippen LogP contribution in [0.25, 0.3) is 0 Å². The summed E-state index contributed by atoms with van der Waals surface area (Å²) in [5.41, 5.74) is -0.0573. The Morgan fingerprint density at radius 2 is 1.74 bits per heavy atom. The molecule has 1 aromatic rings. The Balaban J connectivity index is 1.73. The summed E-state index contributed by atoms with van der Waals surface area (Å²) >= 11 is 0. The van der Waals surface area contributed by atoms with E-state index in [1.165, 1.54) is 6.07 Å². The zero-order valence-electron chi connectivity index (χ0n) is 17.0. The van der Waals surface area contributed by atoms with Crippen LogP contribution >= 0.6 is 0 Å². The molecule has 2 heterocycles. The van der Waals surface area contributed by atoms with Crippen molar-refractivity contribution in [3.8, 4) is 11.5 Å². The average Bonchev–Trinajstić information content (AvgIpc) is 2.71. The molecule has 0 radical (unpaired) electrons. The molecule has 10 heteroatoms. The van der Waals surface area contributed by atoms with Crippen molar-refractivity contribution < 1.29 is 49.3 Å². The minimum absolute atomic E-state index is 0.00661. The molecular weight excluding hydrogens is 412 g/mol. The van der Waals surface area contributed by atoms with Gasteiger partial charge in [0.25, 0.3) is 0 Å². The second-order valence-electron chi connectivity index (χ2n) is 8.43. The van der Waals surface area contributed by atoms with E-state index in [4.69, 9.17) is 14.2 Å². The number of Topliss-reactive ketones (excluding diaryl/α,β-unsaturated/α-hetero) is 2. The van der Waals surface area contributed by atoms with Gasteiger partial charge >= 0.3 is 0 Å². The summed E-state index contributed by atoms with van der Waals surface area (Å²) < 4.78 is 16.7. The molecule has 0 aromatic heterocycles. The second-order valence-corrected chi connectivity index (χ2v) is 8.43. The summed E-state index contributed by atoms with van der Waals surface area (Å²) in [7, 11) is 0. The van der Waals surface area contributed by atoms with E-state index in [0.29, 0.717) is 6.42 Å². The van der Waals surface area contributed by atoms with Gasteiger partial charge < -0.3 is 39.7 Å². The molecular formula is C21H26O10. The molecule has 9 unspecified atom stereocenters. The van der Waals surface area contributed by atoms with Crippen molar-refractivity contribution in [2.45, 2.75) is 63.2 Å². The number of hydrogen-bond acceptors (Lipinski definition) is 10. The van der Waals surface area contributed by atoms with Gasteiger partial charge in [-0.05, 0) is 26.3 Å². The van der Waals surface area contributed by atoms with Crippen molar-refractivity contribution in [2.75, 3.05) is 6.61 Å². The van der Waals surface area contributed by atoms with Gasteiger partial charge in [0.2, 0.25) is 6.29 Å². The smallest absolute Gasteiger partial charge is 0.229 e. The number of phenolic OH excluding ortho intramolecular Hbond substituents is 1. The number of ether oxygens (including phenoxy) is 3. The predicted octanol–water partition coefficient (Wildman–Crippen LogP) is -0.620. The van der Waals surface area contributed by atoms with E-state index >= 15 is 0 Å². The molecule has 2 fully saturated rings. The lowest BCUT2D eigenvalue weighted by molar-refractivity contribution is -0.277. The van der Waals surface area contributed by atoms with E-state index < -0.39 is 61.0 Å². The minimum Gasteiger partial charge on any atom is -0.508 e. The van der Waals surface area contributed by atoms with E-state index in [9.17, 15) is 35.1 Å². The molecule has 0 saturated carbocycles. The standard InChI is InChI=1S/C21H26O10/c1-7-3-10-14(8(2)29-7)18(26)15-11(16(10)24)4-9(23)5-12(15)30-21-20(28)19(27)17(25)13(6-22)31-21/h4-5,7-8,10,13-14,17,19-23,25,27-28H,3,6H2,1-2H3. The van der Waals surface area contributed by atoms with Crippen molar-refractivity contribution >= 4 is 11.6 Å². The predicted molar refractivity (Wildman–Crippen MR) is 103 cm³/mol. The van der Waals surface area contributed by atoms with Gasteiger partial charge in [0.15, 0.2) is 11.6 Å². The van der Waals surface area contributed by atoms with Crippen LogP contribution in [-0.2, 0) is 9.47 Å². The van der Waals surface area contributed by atoms with Gasteiger partial charge in [-0.2, -0.15) is 0 Å². The molecule has 1 aromatic carbocycles. The summed E-state index contributed by atoms with van der Waals surface area (Å²) in [6.07, 6.45) is -8.09. The van der Waals surface area contributed by atoms with E-state index in [1.54, 1.807) is 6.92 Å². The number of rotatable bonds is 3. The first kappa shape index (κ1) is 22.1. The number of benzene rings is 1. The fourth-order valence-corrected chi connectivity index (χ4v) is 4.80. The zero-order chi connectivity index (χ0) is 22.6. The number of carbonyl (C=O) groups excluding carboxylic acids is 2. The molecule has 31 heavy (non-hydrogen) atoms. The van der Waals surface area contributed by atoms with Gasteiger partial charge in [-0.25, -0.2) is 0 Å². The summed E-state index contributed by atoms with van der Waals surface area (Å²) in [5.74, 6) is -2.54. The van der Waals surface area contributed by atoms with Crippen LogP contribution in [0.5, 0.6) is 11.5 Å². The lowest BCUT2D eigenvalue weighted by Gasteiger charge is -2.42. The molecule has 0 spiro atoms. The van der Waals surface area contributed by atoms with E-state index in [2.05, 4.69) is 0 Å². The number of aliphatic hydroxyl groups excluding tert-OH is 4. The first-order chi connectivity index (χ1) is 14.6. The van der Waals surface area contributed by atoms with Gasteiger partial charge in [0.1, 0.15) is 35.9 Å². The Hall–Kier alpha value is -2.08. The lowest BCUT2D eigenvalue weighted by Crippen LogP contribution is -2.60. The van der Waals surface area contributed by atoms with E-state index in [1.807, 2.05) is 6.92 Å². The maximum Gasteiger partial charge on any atom is 0.229 e. The van der Waals surface area contributed by atoms with Crippen molar-refractivity contribution in [3.63, 3.8) is 0 Å². The van der Waals surface area contributed by atoms with Gasteiger partial charge in [0, 0.05) is 17.5 Å². The number of carbonyl (C=O) groups is 2. The molecule has 170 valence electrons. The molecule has 2 aliphatic heterocycles. The molecule has 0 amide bonds. The third kappa shape index (κ3) is 3.63. The first-order valence-corrected chi connectivity index (χ1v) is 10.2. The van der Waals surface area contributed by atoms with Crippen LogP contribution in [0.4, 0.5) is 0 Å². The Morgan fingerprint density at radius 1 is 1.03 bits per heavy atom. The number of fused-ring (bicyclic) bond motifs is 2. The Bertz CT molecular complexity index is 883. The summed E-state index contributed by atoms with van der Waals surface area (Å²) in [6.45, 7) is 2.90. The number of hydrogen-bond donors (Lipinski definition) is 5. The molecule has 0 bridgehead atoms. The molecule has 9 atom stereocenters. The maximum absolute atomic E-state index is 13.4. The zero-order valence-corrected chi connectivity index (χ0v) is 17.0. The second kappa shape index (κ2) is 8.12. The first-order valence-electron chi connectivity index (χ1n) is 10.2. The van der Waals surface area contributed by atoms with Gasteiger partial charge in [-0.15, -0.1) is 0 Å². The highest BCUT2D eigenvalue weighted by Crippen LogP contribution is 2.44. The van der Waals surface area contributed by atoms with E-state index in [-0.39, 0.29) is 34.5 Å². The van der Waals surface area contributed by atoms with Crippen LogP contribution in [0.15, 0.2) is 12.1 Å². The third-order valence-corrected chi connectivity index (χ3v) is 6.30. The molecule has 5 N–H and O–H groups in total. The van der Waals surface area contributed by atoms with Gasteiger partial charge in [-0.3, -0.25) is 9.59 Å². The largest absolute Gasteiger partial charge is 0.508 e. The highest BCUT2D eigenvalue weighted by atomic mass is 16.7. The maximum atomic E-state index is 13.4. The summed E-state index contributed by atoms with van der Waals surface area (Å²) in [5, 5.41) is 49.7. The Kier molecular flexibility index (Phi) is 5.80. The Labute approximate surface area is 178 Å². The molecule has 10 nitrogen and oxygen atoms in total. The third-order valence-electron chi connectivity index (χ3n) is 6.30. The fourth-order valence-electron chi connectivity index (χ4n) is 4.80. The normalized spacial score (nSPS) is 40.3. The molecule has 1 aliphatic carbocycles. The lowest BCUT2D eigenvalue weighted by atomic mass is 9.68. The van der Waals surface area contributed by atoms with Crippen LogP contribution in [-0.4, -0.2) is 86.6 Å². The number of phenols is 1. The number of aromatic hydroxyl groups is 1. The fraction of sp³-hybridized carbons (Fsp3) is 0.619. The van der Waals surface area contributed by atoms with Crippen molar-refractivity contribution in [2.24, 2.45) is 11.8 Å². The van der Waals surface area contributed by atoms with E-state index in [0.717, 1.165) is 6.07 Å². The minimum atomic E-state index is -1.71. The van der Waals surface area contributed by atoms with Crippen molar-refractivity contribution in [1.82, 2.24) is 0 Å². The van der Waals surface area contributed by atoms with Crippen LogP contribution in [0.1, 0.15) is 41.0 Å². The van der Waals surface area contributed by atoms with Crippen LogP contribution in [0, 0.1) is 11.8 Å². The van der Waals surface area contributed by atoms with Crippen LogP contribution < -0.4 is 4.74 Å². The van der Waals surface area contributed by atoms with Crippen molar-refractivity contribution in [1.29, 1.82) is 0 Å². The summed E-state index contributed by atoms with van der Waals surface area (Å²) in [6, 6.07) is 2.32. The van der Waals surface area contributed by atoms with Gasteiger partial charge in [0.05, 0.1) is 30.3 Å². The highest BCUT2D eigenvalue weighted by Gasteiger charge is 2.50. The Morgan fingerprint density at radius 3 is 2.42 bits per heavy atom. The van der Waals surface area contributed by atoms with Crippen molar-refractivity contribution in [3.05, 3.63) is 23.3 Å². The van der Waals surface area contributed by atoms with Crippen LogP contribution in [0.3, 0.4) is 0 Å². The highest BCUT2D eigenvalue weighted by molar-refractivity contribution is 6.18. The monoisotopic (exact) mass is 438 g/mol. The van der Waals surface area contributed by atoms with Gasteiger partial charge in [-0.1, -0.05) is 0 Å². The SMILES string of the molecule is CC1CC2C(=O)c3cc(O)cc(OC4OC(CO)C(O)C(O)C4O)c3C(=O)C2C(C)O1. The average molecular weight is 438 g/mol. The van der Waals surface area contributed by atoms with Crippen LogP contribution in [0.2, 0.25) is 0 Å². The molecule has 4 rings (SSSR count). The molecule has 3 aliphatic rings. The molecule has 2 saturated heterocycles. The number of aliphatic hydroxyl groups is 4. The summed E-state index contributed by atoms with van der Waals surface area (Å²) in [4.78, 5) is 26.6. The number of ketones is 2. The quantitative estimate of drug-likeness (QED) is 0.411. The topological polar surface area (TPSA) is 163 Å².